The zero-order valence-electron chi connectivity index (χ0n) is 16.1. The zero-order chi connectivity index (χ0) is 19.1. The Hall–Kier alpha value is -1.42. The third kappa shape index (κ3) is 3.72. The molecule has 0 spiro atoms. The van der Waals surface area contributed by atoms with Crippen LogP contribution in [0.5, 0.6) is 5.88 Å². The van der Waals surface area contributed by atoms with Gasteiger partial charge in [0.25, 0.3) is 0 Å². The van der Waals surface area contributed by atoms with Gasteiger partial charge in [0.05, 0.1) is 12.6 Å². The number of rotatable bonds is 4. The van der Waals surface area contributed by atoms with Gasteiger partial charge in [0, 0.05) is 11.1 Å². The van der Waals surface area contributed by atoms with E-state index >= 15 is 0 Å². The van der Waals surface area contributed by atoms with Gasteiger partial charge in [0.15, 0.2) is 5.82 Å². The number of fused-ring (bicyclic) bond motifs is 3. The molecule has 1 aromatic carbocycles. The summed E-state index contributed by atoms with van der Waals surface area (Å²) in [6.07, 6.45) is 0.744. The van der Waals surface area contributed by atoms with Crippen molar-refractivity contribution in [2.75, 3.05) is 7.11 Å². The number of pyridine rings is 1. The van der Waals surface area contributed by atoms with E-state index in [0.717, 1.165) is 33.5 Å². The maximum Gasteiger partial charge on any atom is 1.00 e. The summed E-state index contributed by atoms with van der Waals surface area (Å²) in [5.74, 6) is -1.59. The average molecular weight is 418 g/mol. The van der Waals surface area contributed by atoms with Crippen molar-refractivity contribution in [2.45, 2.75) is 20.3 Å². The zero-order valence-corrected chi connectivity index (χ0v) is 20.0. The first-order valence-corrected chi connectivity index (χ1v) is 9.20. The third-order valence-electron chi connectivity index (χ3n) is 4.62. The maximum atomic E-state index is 11.3. The molecule has 0 unspecified atom stereocenters. The number of aromatic nitrogens is 3. The molecule has 0 amide bonds. The Labute approximate surface area is 208 Å². The van der Waals surface area contributed by atoms with Crippen LogP contribution in [0.15, 0.2) is 30.3 Å². The van der Waals surface area contributed by atoms with Crippen LogP contribution in [0.3, 0.4) is 0 Å². The summed E-state index contributed by atoms with van der Waals surface area (Å²) in [6.45, 7) is 4.01. The molecular formula is C20H16KN3O3S. The van der Waals surface area contributed by atoms with E-state index in [1.807, 2.05) is 32.0 Å². The SMILES string of the molecule is COc1nc(C(=O)[O-])nc2c1sc1nc(C)c(Cc3ccccc3)c(C)c12.[K+]. The second-order valence-corrected chi connectivity index (χ2v) is 7.27. The maximum absolute atomic E-state index is 11.3. The van der Waals surface area contributed by atoms with Crippen LogP contribution in [0.2, 0.25) is 0 Å². The van der Waals surface area contributed by atoms with E-state index in [0.29, 0.717) is 10.2 Å². The van der Waals surface area contributed by atoms with Crippen LogP contribution in [0.25, 0.3) is 20.4 Å². The van der Waals surface area contributed by atoms with Crippen LogP contribution in [0.4, 0.5) is 0 Å². The molecule has 136 valence electrons. The van der Waals surface area contributed by atoms with Gasteiger partial charge in [-0.3, -0.25) is 0 Å². The number of hydrogen-bond acceptors (Lipinski definition) is 7. The molecule has 4 rings (SSSR count). The number of thiophene rings is 1. The number of carboxylic acids is 1. The van der Waals surface area contributed by atoms with Gasteiger partial charge in [-0.25, -0.2) is 9.97 Å². The number of ether oxygens (including phenoxy) is 1. The second-order valence-electron chi connectivity index (χ2n) is 6.27. The van der Waals surface area contributed by atoms with E-state index in [1.54, 1.807) is 0 Å². The van der Waals surface area contributed by atoms with Gasteiger partial charge < -0.3 is 14.6 Å². The largest absolute Gasteiger partial charge is 1.00 e. The minimum absolute atomic E-state index is 0. The minimum atomic E-state index is -1.43. The van der Waals surface area contributed by atoms with Gasteiger partial charge in [-0.2, -0.15) is 4.98 Å². The van der Waals surface area contributed by atoms with Gasteiger partial charge in [-0.05, 0) is 37.0 Å². The molecular weight excluding hydrogens is 401 g/mol. The van der Waals surface area contributed by atoms with Crippen LogP contribution in [-0.4, -0.2) is 28.0 Å². The van der Waals surface area contributed by atoms with E-state index in [4.69, 9.17) is 9.72 Å². The van der Waals surface area contributed by atoms with Gasteiger partial charge in [-0.15, -0.1) is 11.3 Å². The molecule has 0 fully saturated rings. The average Bonchev–Trinajstić information content (AvgIpc) is 3.03. The van der Waals surface area contributed by atoms with Gasteiger partial charge in [-0.1, -0.05) is 30.3 Å². The molecule has 6 nitrogen and oxygen atoms in total. The van der Waals surface area contributed by atoms with Gasteiger partial charge in [0.2, 0.25) is 5.88 Å². The number of aryl methyl sites for hydroxylation is 2. The van der Waals surface area contributed by atoms with Crippen LogP contribution < -0.4 is 61.2 Å². The van der Waals surface area contributed by atoms with Crippen molar-refractivity contribution in [1.29, 1.82) is 0 Å². The second kappa shape index (κ2) is 8.52. The monoisotopic (exact) mass is 417 g/mol. The molecule has 0 saturated heterocycles. The molecule has 0 saturated carbocycles. The summed E-state index contributed by atoms with van der Waals surface area (Å²) in [6, 6.07) is 10.2. The number of benzene rings is 1. The van der Waals surface area contributed by atoms with Crippen molar-refractivity contribution in [3.8, 4) is 5.88 Å². The minimum Gasteiger partial charge on any atom is -0.541 e. The smallest absolute Gasteiger partial charge is 0.541 e. The Morgan fingerprint density at radius 3 is 2.50 bits per heavy atom. The van der Waals surface area contributed by atoms with Crippen LogP contribution >= 0.6 is 11.3 Å². The molecule has 0 radical (unpaired) electrons. The number of aromatic carboxylic acids is 1. The van der Waals surface area contributed by atoms with Crippen LogP contribution in [0, 0.1) is 13.8 Å². The first kappa shape index (κ1) is 21.3. The fourth-order valence-electron chi connectivity index (χ4n) is 3.29. The van der Waals surface area contributed by atoms with E-state index in [9.17, 15) is 9.90 Å². The summed E-state index contributed by atoms with van der Waals surface area (Å²) >= 11 is 1.40. The van der Waals surface area contributed by atoms with Crippen LogP contribution in [0.1, 0.15) is 33.0 Å². The predicted octanol–water partition coefficient (Wildman–Crippen LogP) is -0.177. The number of carboxylic acid groups (broad SMARTS) is 1. The van der Waals surface area contributed by atoms with Gasteiger partial charge >= 0.3 is 51.4 Å². The summed E-state index contributed by atoms with van der Waals surface area (Å²) in [5, 5.41) is 12.2. The molecule has 0 N–H and O–H groups in total. The fourth-order valence-corrected chi connectivity index (χ4v) is 4.48. The molecule has 28 heavy (non-hydrogen) atoms. The van der Waals surface area contributed by atoms with Crippen molar-refractivity contribution in [2.24, 2.45) is 0 Å². The number of methoxy groups -OCH3 is 1. The summed E-state index contributed by atoms with van der Waals surface area (Å²) in [7, 11) is 1.46. The molecule has 8 heteroatoms. The summed E-state index contributed by atoms with van der Waals surface area (Å²) in [5.41, 5.74) is 4.83. The Morgan fingerprint density at radius 1 is 1.14 bits per heavy atom. The van der Waals surface area contributed by atoms with Gasteiger partial charge in [0.1, 0.15) is 15.5 Å². The Morgan fingerprint density at radius 2 is 1.86 bits per heavy atom. The fraction of sp³-hybridized carbons (Fsp3) is 0.200. The van der Waals surface area contributed by atoms with E-state index < -0.39 is 5.97 Å². The molecule has 0 aliphatic heterocycles. The van der Waals surface area contributed by atoms with Crippen molar-refractivity contribution in [1.82, 2.24) is 15.0 Å². The van der Waals surface area contributed by atoms with Crippen molar-refractivity contribution in [3.63, 3.8) is 0 Å². The molecule has 0 aliphatic rings. The molecule has 3 aromatic heterocycles. The van der Waals surface area contributed by atoms with Crippen molar-refractivity contribution < 1.29 is 66.0 Å². The Balaban J connectivity index is 0.00000225. The Kier molecular flexibility index (Phi) is 6.48. The Bertz CT molecular complexity index is 1190. The molecule has 0 atom stereocenters. The quantitative estimate of drug-likeness (QED) is 0.428. The molecule has 0 aliphatic carbocycles. The number of carbonyl (C=O) groups is 1. The predicted molar refractivity (Wildman–Crippen MR) is 102 cm³/mol. The summed E-state index contributed by atoms with van der Waals surface area (Å²) < 4.78 is 5.97. The summed E-state index contributed by atoms with van der Waals surface area (Å²) in [4.78, 5) is 25.0. The number of nitrogens with zero attached hydrogens (tertiary/aromatic N) is 3. The normalized spacial score (nSPS) is 10.8. The van der Waals surface area contributed by atoms with Crippen LogP contribution in [-0.2, 0) is 6.42 Å². The molecule has 4 aromatic rings. The standard InChI is InChI=1S/C20H17N3O3S.K/c1-10-13(9-12-7-5-4-6-8-12)11(2)21-19-14(10)15-16(27-19)18(26-3)23-17(22-15)20(24)25;/h4-8H,9H2,1-3H3,(H,24,25);/q;+1/p-1. The molecule has 0 bridgehead atoms. The van der Waals surface area contributed by atoms with Crippen molar-refractivity contribution in [3.05, 3.63) is 58.5 Å². The first-order chi connectivity index (χ1) is 13.0. The molecule has 3 heterocycles. The third-order valence-corrected chi connectivity index (χ3v) is 5.68. The van der Waals surface area contributed by atoms with Crippen molar-refractivity contribution >= 4 is 37.7 Å². The van der Waals surface area contributed by atoms with E-state index in [-0.39, 0.29) is 63.1 Å². The van der Waals surface area contributed by atoms with E-state index in [2.05, 4.69) is 22.1 Å². The van der Waals surface area contributed by atoms with E-state index in [1.165, 1.54) is 24.0 Å². The number of hydrogen-bond donors (Lipinski definition) is 0. The number of carbonyl (C=O) groups excluding carboxylic acids is 1. The first-order valence-electron chi connectivity index (χ1n) is 8.39. The topological polar surface area (TPSA) is 88.0 Å².